The summed E-state index contributed by atoms with van der Waals surface area (Å²) >= 11 is 0. The Kier molecular flexibility index (Phi) is 5.69. The van der Waals surface area contributed by atoms with Gasteiger partial charge in [0.15, 0.2) is 0 Å². The lowest BCUT2D eigenvalue weighted by atomic mass is 9.98. The maximum atomic E-state index is 12.9. The summed E-state index contributed by atoms with van der Waals surface area (Å²) in [5.74, 6) is -1.98. The fourth-order valence-electron chi connectivity index (χ4n) is 2.53. The average molecular weight is 345 g/mol. The largest absolute Gasteiger partial charge is 0.450 e. The molecule has 1 aliphatic heterocycles. The Balaban J connectivity index is 2.06. The van der Waals surface area contributed by atoms with Gasteiger partial charge in [-0.2, -0.15) is 13.2 Å². The second-order valence-electron chi connectivity index (χ2n) is 5.40. The number of piperidine rings is 1. The van der Waals surface area contributed by atoms with Crippen molar-refractivity contribution in [3.05, 3.63) is 29.8 Å². The molecule has 1 aromatic rings. The van der Waals surface area contributed by atoms with Gasteiger partial charge in [-0.05, 0) is 31.9 Å². The van der Waals surface area contributed by atoms with Gasteiger partial charge in [-0.1, -0.05) is 12.1 Å². The molecule has 0 saturated carbocycles. The molecule has 8 heteroatoms. The molecule has 1 aromatic carbocycles. The van der Waals surface area contributed by atoms with E-state index in [1.54, 1.807) is 6.92 Å². The Bertz CT molecular complexity index is 603. The molecule has 24 heavy (non-hydrogen) atoms. The molecule has 1 atom stereocenters. The Labute approximate surface area is 137 Å². The van der Waals surface area contributed by atoms with Crippen LogP contribution < -0.4 is 4.74 Å². The van der Waals surface area contributed by atoms with Crippen LogP contribution in [0.2, 0.25) is 0 Å². The van der Waals surface area contributed by atoms with E-state index in [0.29, 0.717) is 19.4 Å². The van der Waals surface area contributed by atoms with Crippen LogP contribution in [0.4, 0.5) is 18.0 Å². The number of carbonyl (C=O) groups is 2. The van der Waals surface area contributed by atoms with E-state index in [2.05, 4.69) is 0 Å². The third-order valence-corrected chi connectivity index (χ3v) is 3.68. The first-order valence-electron chi connectivity index (χ1n) is 7.62. The normalized spacial score (nSPS) is 18.2. The van der Waals surface area contributed by atoms with Crippen molar-refractivity contribution in [2.75, 3.05) is 19.7 Å². The molecule has 0 aromatic heterocycles. The van der Waals surface area contributed by atoms with Crippen molar-refractivity contribution in [3.63, 3.8) is 0 Å². The van der Waals surface area contributed by atoms with Crippen LogP contribution in [0.1, 0.15) is 25.3 Å². The standard InChI is InChI=1S/C16H18F3NO4/c1-2-23-15(22)20-9-5-6-11(10-20)14(21)24-13-8-4-3-7-12(13)16(17,18)19/h3-4,7-8,11H,2,5-6,9-10H2,1H3. The first kappa shape index (κ1) is 18.1. The summed E-state index contributed by atoms with van der Waals surface area (Å²) in [6, 6.07) is 4.55. The molecular formula is C16H18F3NO4. The number of esters is 1. The summed E-state index contributed by atoms with van der Waals surface area (Å²) in [5.41, 5.74) is -1.00. The molecule has 0 spiro atoms. The van der Waals surface area contributed by atoms with E-state index in [1.807, 2.05) is 0 Å². The minimum atomic E-state index is -4.61. The van der Waals surface area contributed by atoms with Crippen LogP contribution in [0.25, 0.3) is 0 Å². The molecule has 0 aliphatic carbocycles. The first-order chi connectivity index (χ1) is 11.3. The monoisotopic (exact) mass is 345 g/mol. The van der Waals surface area contributed by atoms with Crippen molar-refractivity contribution in [2.24, 2.45) is 5.92 Å². The number of ether oxygens (including phenoxy) is 2. The summed E-state index contributed by atoms with van der Waals surface area (Å²) in [7, 11) is 0. The maximum absolute atomic E-state index is 12.9. The minimum Gasteiger partial charge on any atom is -0.450 e. The van der Waals surface area contributed by atoms with Crippen LogP contribution >= 0.6 is 0 Å². The number of hydrogen-bond acceptors (Lipinski definition) is 4. The van der Waals surface area contributed by atoms with Crippen LogP contribution in [0.3, 0.4) is 0 Å². The van der Waals surface area contributed by atoms with Gasteiger partial charge in [0.05, 0.1) is 18.1 Å². The van der Waals surface area contributed by atoms with E-state index in [-0.39, 0.29) is 13.2 Å². The first-order valence-corrected chi connectivity index (χ1v) is 7.62. The molecule has 1 amide bonds. The molecule has 1 fully saturated rings. The SMILES string of the molecule is CCOC(=O)N1CCCC(C(=O)Oc2ccccc2C(F)(F)F)C1. The van der Waals surface area contributed by atoms with Crippen LogP contribution in [0, 0.1) is 5.92 Å². The lowest BCUT2D eigenvalue weighted by molar-refractivity contribution is -0.145. The van der Waals surface area contributed by atoms with Crippen molar-refractivity contribution >= 4 is 12.1 Å². The highest BCUT2D eigenvalue weighted by molar-refractivity contribution is 5.77. The third kappa shape index (κ3) is 4.39. The van der Waals surface area contributed by atoms with Crippen molar-refractivity contribution in [2.45, 2.75) is 25.9 Å². The van der Waals surface area contributed by atoms with Gasteiger partial charge in [0.1, 0.15) is 5.75 Å². The lowest BCUT2D eigenvalue weighted by Gasteiger charge is -2.30. The number of halogens is 3. The number of para-hydroxylation sites is 1. The van der Waals surface area contributed by atoms with Gasteiger partial charge in [0.25, 0.3) is 0 Å². The van der Waals surface area contributed by atoms with Gasteiger partial charge in [0.2, 0.25) is 0 Å². The Hall–Kier alpha value is -2.25. The Morgan fingerprint density at radius 3 is 2.67 bits per heavy atom. The van der Waals surface area contributed by atoms with Crippen molar-refractivity contribution < 1.29 is 32.2 Å². The maximum Gasteiger partial charge on any atom is 0.419 e. The second-order valence-corrected chi connectivity index (χ2v) is 5.40. The summed E-state index contributed by atoms with van der Waals surface area (Å²) in [5, 5.41) is 0. The minimum absolute atomic E-state index is 0.0752. The number of benzene rings is 1. The molecule has 0 bridgehead atoms. The highest BCUT2D eigenvalue weighted by Gasteiger charge is 2.36. The van der Waals surface area contributed by atoms with E-state index in [1.165, 1.54) is 17.0 Å². The molecule has 1 unspecified atom stereocenters. The zero-order valence-corrected chi connectivity index (χ0v) is 13.1. The van der Waals surface area contributed by atoms with E-state index in [0.717, 1.165) is 12.1 Å². The van der Waals surface area contributed by atoms with Gasteiger partial charge in [0, 0.05) is 13.1 Å². The highest BCUT2D eigenvalue weighted by Crippen LogP contribution is 2.36. The van der Waals surface area contributed by atoms with E-state index < -0.39 is 35.5 Å². The summed E-state index contributed by atoms with van der Waals surface area (Å²) < 4.78 is 48.6. The predicted octanol–water partition coefficient (Wildman–Crippen LogP) is 3.48. The third-order valence-electron chi connectivity index (χ3n) is 3.68. The molecule has 1 heterocycles. The molecule has 0 N–H and O–H groups in total. The molecule has 1 aliphatic rings. The average Bonchev–Trinajstić information content (AvgIpc) is 2.54. The predicted molar refractivity (Wildman–Crippen MR) is 78.4 cm³/mol. The van der Waals surface area contributed by atoms with Crippen LogP contribution in [0.15, 0.2) is 24.3 Å². The van der Waals surface area contributed by atoms with Crippen molar-refractivity contribution in [1.29, 1.82) is 0 Å². The molecule has 5 nitrogen and oxygen atoms in total. The Morgan fingerprint density at radius 2 is 2.00 bits per heavy atom. The second kappa shape index (κ2) is 7.55. The fourth-order valence-corrected chi connectivity index (χ4v) is 2.53. The van der Waals surface area contributed by atoms with Crippen LogP contribution in [0.5, 0.6) is 5.75 Å². The van der Waals surface area contributed by atoms with Crippen LogP contribution in [-0.2, 0) is 15.7 Å². The van der Waals surface area contributed by atoms with Gasteiger partial charge >= 0.3 is 18.2 Å². The van der Waals surface area contributed by atoms with Gasteiger partial charge < -0.3 is 14.4 Å². The zero-order valence-electron chi connectivity index (χ0n) is 13.1. The summed E-state index contributed by atoms with van der Waals surface area (Å²) in [6.45, 7) is 2.40. The molecular weight excluding hydrogens is 327 g/mol. The summed E-state index contributed by atoms with van der Waals surface area (Å²) in [4.78, 5) is 25.3. The number of hydrogen-bond donors (Lipinski definition) is 0. The van der Waals surface area contributed by atoms with E-state index >= 15 is 0 Å². The van der Waals surface area contributed by atoms with E-state index in [4.69, 9.17) is 9.47 Å². The molecule has 0 radical (unpaired) electrons. The smallest absolute Gasteiger partial charge is 0.419 e. The zero-order chi connectivity index (χ0) is 17.7. The molecule has 2 rings (SSSR count). The van der Waals surface area contributed by atoms with Gasteiger partial charge in [-0.3, -0.25) is 4.79 Å². The number of amides is 1. The van der Waals surface area contributed by atoms with Gasteiger partial charge in [-0.15, -0.1) is 0 Å². The molecule has 132 valence electrons. The topological polar surface area (TPSA) is 55.8 Å². The number of likely N-dealkylation sites (tertiary alicyclic amines) is 1. The quantitative estimate of drug-likeness (QED) is 0.622. The number of alkyl halides is 3. The summed E-state index contributed by atoms with van der Waals surface area (Å²) in [6.07, 6.45) is -4.14. The number of rotatable bonds is 3. The number of nitrogens with zero attached hydrogens (tertiary/aromatic N) is 1. The van der Waals surface area contributed by atoms with Crippen molar-refractivity contribution in [3.8, 4) is 5.75 Å². The fraction of sp³-hybridized carbons (Fsp3) is 0.500. The number of carbonyl (C=O) groups excluding carboxylic acids is 2. The molecule has 1 saturated heterocycles. The van der Waals surface area contributed by atoms with Crippen LogP contribution in [-0.4, -0.2) is 36.7 Å². The Morgan fingerprint density at radius 1 is 1.29 bits per heavy atom. The van der Waals surface area contributed by atoms with Crippen molar-refractivity contribution in [1.82, 2.24) is 4.90 Å². The van der Waals surface area contributed by atoms with Gasteiger partial charge in [-0.25, -0.2) is 4.79 Å². The highest BCUT2D eigenvalue weighted by atomic mass is 19.4. The lowest BCUT2D eigenvalue weighted by Crippen LogP contribution is -2.43. The van der Waals surface area contributed by atoms with E-state index in [9.17, 15) is 22.8 Å².